The Labute approximate surface area is 98.1 Å². The Bertz CT molecular complexity index is 124. The van der Waals surface area contributed by atoms with Crippen molar-refractivity contribution in [3.8, 4) is 0 Å². The van der Waals surface area contributed by atoms with E-state index in [4.69, 9.17) is 0 Å². The lowest BCUT2D eigenvalue weighted by Gasteiger charge is -2.24. The highest BCUT2D eigenvalue weighted by molar-refractivity contribution is 9.26. The summed E-state index contributed by atoms with van der Waals surface area (Å²) in [7, 11) is 0. The molecule has 0 aromatic carbocycles. The number of aliphatic hydroxyl groups is 2. The lowest BCUT2D eigenvalue weighted by Crippen LogP contribution is -2.35. The van der Waals surface area contributed by atoms with E-state index in [-0.39, 0.29) is 0 Å². The third kappa shape index (κ3) is 5.17. The van der Waals surface area contributed by atoms with E-state index in [1.165, 1.54) is 0 Å². The van der Waals surface area contributed by atoms with Crippen LogP contribution in [0.1, 0.15) is 26.2 Å². The van der Waals surface area contributed by atoms with Crippen molar-refractivity contribution in [1.82, 2.24) is 0 Å². The zero-order valence-corrected chi connectivity index (χ0v) is 11.6. The SMILES string of the molecule is CCCCC(O)C(Br)C(O)(Br)Br. The summed E-state index contributed by atoms with van der Waals surface area (Å²) >= 11 is 9.20. The minimum absolute atomic E-state index is 0.406. The van der Waals surface area contributed by atoms with Crippen LogP contribution in [-0.2, 0) is 0 Å². The number of hydrogen-bond donors (Lipinski definition) is 2. The molecule has 0 radical (unpaired) electrons. The van der Waals surface area contributed by atoms with Gasteiger partial charge >= 0.3 is 0 Å². The van der Waals surface area contributed by atoms with Gasteiger partial charge in [-0.3, -0.25) is 0 Å². The molecule has 0 saturated carbocycles. The Hall–Kier alpha value is 1.36. The number of hydrogen-bond acceptors (Lipinski definition) is 2. The van der Waals surface area contributed by atoms with E-state index in [0.717, 1.165) is 12.8 Å². The third-order valence-corrected chi connectivity index (χ3v) is 5.01. The molecule has 0 amide bonds. The Morgan fingerprint density at radius 1 is 1.42 bits per heavy atom. The van der Waals surface area contributed by atoms with Crippen LogP contribution in [0.25, 0.3) is 0 Å². The summed E-state index contributed by atoms with van der Waals surface area (Å²) in [6.07, 6.45) is 2.14. The maximum absolute atomic E-state index is 9.52. The van der Waals surface area contributed by atoms with Gasteiger partial charge in [-0.15, -0.1) is 0 Å². The van der Waals surface area contributed by atoms with Gasteiger partial charge in [-0.1, -0.05) is 35.7 Å². The normalized spacial score (nSPS) is 17.5. The number of unbranched alkanes of at least 4 members (excludes halogenated alkanes) is 1. The first-order valence-electron chi connectivity index (χ1n) is 3.82. The van der Waals surface area contributed by atoms with Crippen molar-refractivity contribution in [2.45, 2.75) is 40.5 Å². The van der Waals surface area contributed by atoms with Crippen molar-refractivity contribution >= 4 is 47.8 Å². The largest absolute Gasteiger partial charge is 0.392 e. The predicted molar refractivity (Wildman–Crippen MR) is 61.1 cm³/mol. The molecule has 0 heterocycles. The van der Waals surface area contributed by atoms with E-state index >= 15 is 0 Å². The van der Waals surface area contributed by atoms with Gasteiger partial charge in [-0.2, -0.15) is 0 Å². The number of alkyl halides is 3. The molecule has 0 spiro atoms. The van der Waals surface area contributed by atoms with Crippen molar-refractivity contribution in [2.75, 3.05) is 0 Å². The summed E-state index contributed by atoms with van der Waals surface area (Å²) < 4.78 is -1.23. The summed E-state index contributed by atoms with van der Waals surface area (Å²) in [5.41, 5.74) is 0. The van der Waals surface area contributed by atoms with Crippen LogP contribution >= 0.6 is 47.8 Å². The monoisotopic (exact) mass is 366 g/mol. The molecular formula is C7H13Br3O2. The van der Waals surface area contributed by atoms with Gasteiger partial charge in [-0.05, 0) is 38.3 Å². The first-order valence-corrected chi connectivity index (χ1v) is 6.32. The third-order valence-electron chi connectivity index (χ3n) is 1.52. The van der Waals surface area contributed by atoms with Gasteiger partial charge in [0.05, 0.1) is 10.9 Å². The first kappa shape index (κ1) is 13.4. The van der Waals surface area contributed by atoms with Gasteiger partial charge in [0.15, 0.2) is 3.42 Å². The fourth-order valence-electron chi connectivity index (χ4n) is 0.791. The van der Waals surface area contributed by atoms with E-state index < -0.39 is 14.4 Å². The molecule has 0 rings (SSSR count). The smallest absolute Gasteiger partial charge is 0.190 e. The van der Waals surface area contributed by atoms with E-state index in [9.17, 15) is 10.2 Å². The van der Waals surface area contributed by atoms with Crippen LogP contribution < -0.4 is 0 Å². The minimum atomic E-state index is -1.23. The molecule has 2 N–H and O–H groups in total. The van der Waals surface area contributed by atoms with Gasteiger partial charge in [-0.25, -0.2) is 0 Å². The van der Waals surface area contributed by atoms with Crippen LogP contribution in [0.15, 0.2) is 0 Å². The number of aliphatic hydroxyl groups excluding tert-OH is 1. The summed E-state index contributed by atoms with van der Waals surface area (Å²) in [5, 5.41) is 18.9. The molecule has 0 aliphatic rings. The van der Waals surface area contributed by atoms with Gasteiger partial charge in [0, 0.05) is 0 Å². The molecule has 2 atom stereocenters. The summed E-state index contributed by atoms with van der Waals surface area (Å²) in [4.78, 5) is -0.406. The zero-order chi connectivity index (χ0) is 9.78. The van der Waals surface area contributed by atoms with Gasteiger partial charge in [0.25, 0.3) is 0 Å². The number of rotatable bonds is 5. The molecule has 0 aromatic rings. The van der Waals surface area contributed by atoms with Crippen LogP contribution in [0.5, 0.6) is 0 Å². The molecule has 0 fully saturated rings. The molecule has 12 heavy (non-hydrogen) atoms. The van der Waals surface area contributed by atoms with Crippen LogP contribution in [0, 0.1) is 0 Å². The molecule has 74 valence electrons. The standard InChI is InChI=1S/C7H13Br3O2/c1-2-3-4-5(11)6(8)7(9,10)12/h5-6,11-12H,2-4H2,1H3. The molecule has 0 bridgehead atoms. The minimum Gasteiger partial charge on any atom is -0.392 e. The Balaban J connectivity index is 3.84. The van der Waals surface area contributed by atoms with Crippen molar-refractivity contribution in [2.24, 2.45) is 0 Å². The van der Waals surface area contributed by atoms with Crippen molar-refractivity contribution in [1.29, 1.82) is 0 Å². The summed E-state index contributed by atoms with van der Waals surface area (Å²) in [6, 6.07) is 0. The van der Waals surface area contributed by atoms with Crippen molar-refractivity contribution < 1.29 is 10.2 Å². The maximum Gasteiger partial charge on any atom is 0.190 e. The zero-order valence-electron chi connectivity index (χ0n) is 6.80. The van der Waals surface area contributed by atoms with Gasteiger partial charge in [0.1, 0.15) is 0 Å². The Kier molecular flexibility index (Phi) is 6.63. The number of halogens is 3. The van der Waals surface area contributed by atoms with Gasteiger partial charge in [0.2, 0.25) is 0 Å². The van der Waals surface area contributed by atoms with E-state index in [1.807, 2.05) is 0 Å². The second-order valence-corrected chi connectivity index (χ2v) is 7.17. The second-order valence-electron chi connectivity index (χ2n) is 2.70. The van der Waals surface area contributed by atoms with Crippen LogP contribution in [-0.4, -0.2) is 24.6 Å². The first-order chi connectivity index (χ1) is 5.39. The molecule has 0 saturated heterocycles. The van der Waals surface area contributed by atoms with E-state index in [1.54, 1.807) is 0 Å². The maximum atomic E-state index is 9.52. The van der Waals surface area contributed by atoms with Crippen LogP contribution in [0.4, 0.5) is 0 Å². The quantitative estimate of drug-likeness (QED) is 0.732. The summed E-state index contributed by atoms with van der Waals surface area (Å²) in [5.74, 6) is 0. The average molecular weight is 369 g/mol. The van der Waals surface area contributed by atoms with Gasteiger partial charge < -0.3 is 10.2 Å². The Morgan fingerprint density at radius 2 is 1.92 bits per heavy atom. The highest BCUT2D eigenvalue weighted by atomic mass is 79.9. The van der Waals surface area contributed by atoms with Crippen LogP contribution in [0.3, 0.4) is 0 Å². The average Bonchev–Trinajstić information content (AvgIpc) is 1.97. The second kappa shape index (κ2) is 5.96. The molecular weight excluding hydrogens is 356 g/mol. The highest BCUT2D eigenvalue weighted by Gasteiger charge is 2.33. The molecule has 0 aromatic heterocycles. The van der Waals surface area contributed by atoms with Crippen molar-refractivity contribution in [3.05, 3.63) is 0 Å². The molecule has 0 aliphatic heterocycles. The molecule has 5 heteroatoms. The van der Waals surface area contributed by atoms with Crippen molar-refractivity contribution in [3.63, 3.8) is 0 Å². The highest BCUT2D eigenvalue weighted by Crippen LogP contribution is 2.34. The predicted octanol–water partition coefficient (Wildman–Crippen LogP) is 2.74. The van der Waals surface area contributed by atoms with Crippen LogP contribution in [0.2, 0.25) is 0 Å². The Morgan fingerprint density at radius 3 is 2.25 bits per heavy atom. The lowest BCUT2D eigenvalue weighted by atomic mass is 10.1. The van der Waals surface area contributed by atoms with E-state index in [0.29, 0.717) is 6.42 Å². The fourth-order valence-corrected chi connectivity index (χ4v) is 1.67. The molecule has 2 nitrogen and oxygen atoms in total. The topological polar surface area (TPSA) is 40.5 Å². The summed E-state index contributed by atoms with van der Waals surface area (Å²) in [6.45, 7) is 2.06. The fraction of sp³-hybridized carbons (Fsp3) is 1.00. The lowest BCUT2D eigenvalue weighted by molar-refractivity contribution is 0.114. The molecule has 0 aliphatic carbocycles. The van der Waals surface area contributed by atoms with E-state index in [2.05, 4.69) is 54.7 Å². The molecule has 2 unspecified atom stereocenters.